The van der Waals surface area contributed by atoms with E-state index in [1.54, 1.807) is 6.20 Å². The summed E-state index contributed by atoms with van der Waals surface area (Å²) in [6, 6.07) is 4.70. The summed E-state index contributed by atoms with van der Waals surface area (Å²) in [5, 5.41) is 29.2. The van der Waals surface area contributed by atoms with Crippen molar-refractivity contribution in [3.63, 3.8) is 0 Å². The van der Waals surface area contributed by atoms with Crippen molar-refractivity contribution in [2.45, 2.75) is 50.2 Å². The number of hydrogen-bond donors (Lipinski definition) is 7. The van der Waals surface area contributed by atoms with Crippen molar-refractivity contribution in [1.82, 2.24) is 26.3 Å². The molecule has 3 unspecified atom stereocenters. The highest BCUT2D eigenvalue weighted by Crippen LogP contribution is 2.19. The second-order valence-corrected chi connectivity index (χ2v) is 8.38. The first-order valence-corrected chi connectivity index (χ1v) is 11.3. The number of H-pyrrole nitrogens is 1. The maximum absolute atomic E-state index is 13.3. The van der Waals surface area contributed by atoms with Gasteiger partial charge >= 0.3 is 11.9 Å². The van der Waals surface area contributed by atoms with Gasteiger partial charge in [0.25, 0.3) is 0 Å². The SMILES string of the molecule is O=C(O)CCC(NC(=O)C(Cc1c[nH]c2ccccc12)NC(=O)C1CCCN1)C(=O)NCC(=O)O. The Morgan fingerprint density at radius 3 is 2.46 bits per heavy atom. The van der Waals surface area contributed by atoms with E-state index in [-0.39, 0.29) is 18.7 Å². The number of hydrogen-bond acceptors (Lipinski definition) is 6. The zero-order chi connectivity index (χ0) is 25.4. The summed E-state index contributed by atoms with van der Waals surface area (Å²) in [6.45, 7) is 0.0134. The van der Waals surface area contributed by atoms with Crippen molar-refractivity contribution in [3.8, 4) is 0 Å². The molecule has 12 heteroatoms. The van der Waals surface area contributed by atoms with Crippen LogP contribution in [0.5, 0.6) is 0 Å². The van der Waals surface area contributed by atoms with E-state index in [9.17, 15) is 24.0 Å². The molecule has 3 amide bonds. The summed E-state index contributed by atoms with van der Waals surface area (Å²) in [7, 11) is 0. The van der Waals surface area contributed by atoms with E-state index in [2.05, 4.69) is 26.3 Å². The molecule has 0 spiro atoms. The van der Waals surface area contributed by atoms with Crippen LogP contribution in [0.3, 0.4) is 0 Å². The molecule has 35 heavy (non-hydrogen) atoms. The minimum atomic E-state index is -1.29. The fourth-order valence-corrected chi connectivity index (χ4v) is 4.01. The Bertz CT molecular complexity index is 1090. The number of aromatic nitrogens is 1. The smallest absolute Gasteiger partial charge is 0.322 e. The maximum Gasteiger partial charge on any atom is 0.322 e. The Balaban J connectivity index is 1.79. The predicted octanol–water partition coefficient (Wildman–Crippen LogP) is -0.502. The number of para-hydroxylation sites is 1. The van der Waals surface area contributed by atoms with Crippen molar-refractivity contribution in [1.29, 1.82) is 0 Å². The summed E-state index contributed by atoms with van der Waals surface area (Å²) >= 11 is 0. The molecule has 188 valence electrons. The lowest BCUT2D eigenvalue weighted by Crippen LogP contribution is -2.56. The van der Waals surface area contributed by atoms with Crippen LogP contribution in [0.25, 0.3) is 10.9 Å². The van der Waals surface area contributed by atoms with Crippen molar-refractivity contribution < 1.29 is 34.2 Å². The summed E-state index contributed by atoms with van der Waals surface area (Å²) in [5.74, 6) is -4.31. The van der Waals surface area contributed by atoms with Crippen LogP contribution in [0.4, 0.5) is 0 Å². The number of rotatable bonds is 12. The fourth-order valence-electron chi connectivity index (χ4n) is 4.01. The highest BCUT2D eigenvalue weighted by atomic mass is 16.4. The Morgan fingerprint density at radius 1 is 1.00 bits per heavy atom. The molecule has 2 heterocycles. The molecule has 1 aromatic carbocycles. The lowest BCUT2D eigenvalue weighted by atomic mass is 10.0. The van der Waals surface area contributed by atoms with Crippen LogP contribution >= 0.6 is 0 Å². The Labute approximate surface area is 200 Å². The average Bonchev–Trinajstić information content (AvgIpc) is 3.50. The van der Waals surface area contributed by atoms with Gasteiger partial charge < -0.3 is 36.5 Å². The third-order valence-corrected chi connectivity index (χ3v) is 5.80. The zero-order valence-electron chi connectivity index (χ0n) is 19.0. The Hall–Kier alpha value is -3.93. The quantitative estimate of drug-likeness (QED) is 0.208. The predicted molar refractivity (Wildman–Crippen MR) is 124 cm³/mol. The van der Waals surface area contributed by atoms with Crippen LogP contribution in [-0.2, 0) is 30.4 Å². The second-order valence-electron chi connectivity index (χ2n) is 8.38. The molecule has 3 atom stereocenters. The van der Waals surface area contributed by atoms with Gasteiger partial charge in [0.1, 0.15) is 18.6 Å². The van der Waals surface area contributed by atoms with E-state index in [4.69, 9.17) is 10.2 Å². The van der Waals surface area contributed by atoms with Gasteiger partial charge in [-0.2, -0.15) is 0 Å². The van der Waals surface area contributed by atoms with Crippen molar-refractivity contribution in [2.75, 3.05) is 13.1 Å². The topological polar surface area (TPSA) is 190 Å². The Morgan fingerprint density at radius 2 is 1.77 bits per heavy atom. The van der Waals surface area contributed by atoms with Gasteiger partial charge in [-0.1, -0.05) is 18.2 Å². The number of benzene rings is 1. The number of aromatic amines is 1. The number of fused-ring (bicyclic) bond motifs is 1. The van der Waals surface area contributed by atoms with E-state index in [0.717, 1.165) is 22.9 Å². The van der Waals surface area contributed by atoms with E-state index in [1.807, 2.05) is 24.3 Å². The number of carboxylic acids is 2. The van der Waals surface area contributed by atoms with Gasteiger partial charge in [-0.15, -0.1) is 0 Å². The number of carbonyl (C=O) groups is 5. The van der Waals surface area contributed by atoms with E-state index in [0.29, 0.717) is 13.0 Å². The molecule has 12 nitrogen and oxygen atoms in total. The molecular formula is C23H29N5O7. The molecule has 0 radical (unpaired) electrons. The van der Waals surface area contributed by atoms with Gasteiger partial charge in [0.15, 0.2) is 0 Å². The largest absolute Gasteiger partial charge is 0.481 e. The molecule has 0 aliphatic carbocycles. The number of amides is 3. The lowest BCUT2D eigenvalue weighted by Gasteiger charge is -2.24. The summed E-state index contributed by atoms with van der Waals surface area (Å²) in [4.78, 5) is 63.4. The fraction of sp³-hybridized carbons (Fsp3) is 0.435. The van der Waals surface area contributed by atoms with Crippen LogP contribution in [0, 0.1) is 0 Å². The molecule has 7 N–H and O–H groups in total. The standard InChI is InChI=1S/C23H29N5O7/c29-19(30)8-7-17(21(33)26-12-20(31)32)27-23(35)18(28-22(34)16-6-3-9-24-16)10-13-11-25-15-5-2-1-4-14(13)15/h1-2,4-5,11,16-18,24-25H,3,6-10,12H2,(H,26,33)(H,27,35)(H,28,34)(H,29,30)(H,31,32). The van der Waals surface area contributed by atoms with Gasteiger partial charge in [0, 0.05) is 29.9 Å². The number of carboxylic acid groups (broad SMARTS) is 2. The molecular weight excluding hydrogens is 458 g/mol. The molecule has 2 aromatic rings. The molecule has 3 rings (SSSR count). The molecule has 1 fully saturated rings. The van der Waals surface area contributed by atoms with Crippen LogP contribution in [0.15, 0.2) is 30.5 Å². The number of nitrogens with one attached hydrogen (secondary N) is 5. The third kappa shape index (κ3) is 7.27. The Kier molecular flexibility index (Phi) is 8.79. The minimum absolute atomic E-state index is 0.122. The molecule has 0 saturated carbocycles. The second kappa shape index (κ2) is 12.0. The lowest BCUT2D eigenvalue weighted by molar-refractivity contribution is -0.140. The molecule has 0 bridgehead atoms. The van der Waals surface area contributed by atoms with E-state index < -0.39 is 54.8 Å². The zero-order valence-corrected chi connectivity index (χ0v) is 19.0. The van der Waals surface area contributed by atoms with E-state index in [1.165, 1.54) is 0 Å². The number of carbonyl (C=O) groups excluding carboxylic acids is 3. The first-order chi connectivity index (χ1) is 16.7. The monoisotopic (exact) mass is 487 g/mol. The van der Waals surface area contributed by atoms with Gasteiger partial charge in [-0.05, 0) is 37.4 Å². The summed E-state index contributed by atoms with van der Waals surface area (Å²) in [5.41, 5.74) is 1.63. The summed E-state index contributed by atoms with van der Waals surface area (Å²) in [6.07, 6.45) is 2.66. The first kappa shape index (κ1) is 25.7. The molecule has 1 saturated heterocycles. The van der Waals surface area contributed by atoms with Crippen LogP contribution < -0.4 is 21.3 Å². The molecule has 1 aliphatic heterocycles. The van der Waals surface area contributed by atoms with Crippen molar-refractivity contribution >= 4 is 40.6 Å². The minimum Gasteiger partial charge on any atom is -0.481 e. The van der Waals surface area contributed by atoms with Gasteiger partial charge in [0.05, 0.1) is 6.04 Å². The van der Waals surface area contributed by atoms with Crippen LogP contribution in [0.1, 0.15) is 31.2 Å². The highest BCUT2D eigenvalue weighted by molar-refractivity contribution is 5.94. The van der Waals surface area contributed by atoms with Crippen molar-refractivity contribution in [2.24, 2.45) is 0 Å². The van der Waals surface area contributed by atoms with Gasteiger partial charge in [-0.3, -0.25) is 24.0 Å². The normalized spacial score (nSPS) is 16.9. The average molecular weight is 488 g/mol. The first-order valence-electron chi connectivity index (χ1n) is 11.3. The summed E-state index contributed by atoms with van der Waals surface area (Å²) < 4.78 is 0. The van der Waals surface area contributed by atoms with Crippen LogP contribution in [0.2, 0.25) is 0 Å². The molecule has 1 aliphatic rings. The third-order valence-electron chi connectivity index (χ3n) is 5.80. The number of aliphatic carboxylic acids is 2. The highest BCUT2D eigenvalue weighted by Gasteiger charge is 2.31. The maximum atomic E-state index is 13.3. The van der Waals surface area contributed by atoms with Gasteiger partial charge in [0.2, 0.25) is 17.7 Å². The molecule has 1 aromatic heterocycles. The van der Waals surface area contributed by atoms with Crippen molar-refractivity contribution in [3.05, 3.63) is 36.0 Å². The van der Waals surface area contributed by atoms with Gasteiger partial charge in [-0.25, -0.2) is 0 Å². The van der Waals surface area contributed by atoms with E-state index >= 15 is 0 Å². The van der Waals surface area contributed by atoms with Crippen LogP contribution in [-0.4, -0.2) is 76.1 Å².